The fourth-order valence-corrected chi connectivity index (χ4v) is 9.81. The molecule has 0 bridgehead atoms. The van der Waals surface area contributed by atoms with Gasteiger partial charge in [0.2, 0.25) is 0 Å². The molecule has 0 saturated heterocycles. The lowest BCUT2D eigenvalue weighted by Crippen LogP contribution is -2.23. The standard InChI is InChI=1S/C58H74N8O16S2/c67-57(47-5-11-53-55(37-47)81-35-31-77-27-23-73-19-15-69-13-17-71-21-25-75-29-33-79-53)59-39-49-43-65(63-61-49)41-45-1-7-51(8-2-45)83-84-52-9-3-46(4-10-52)42-66-44-50(62-64-66)40-60-58(68)48-6-12-54-56(38-48)82-36-32-78-28-24-74-20-16-70-14-18-72-22-26-76-30-34-80-54/h1-12,37-38,43-44H,13-36,39-42H2,(H,59,67)(H,60,68). The number of carbonyl (C=O) groups excluding carboxylic acids is 2. The van der Waals surface area contributed by atoms with Crippen molar-refractivity contribution in [3.63, 3.8) is 0 Å². The van der Waals surface area contributed by atoms with Crippen molar-refractivity contribution in [1.29, 1.82) is 0 Å². The number of nitrogens with zero attached hydrogens (tertiary/aromatic N) is 6. The van der Waals surface area contributed by atoms with Gasteiger partial charge in [-0.15, -0.1) is 10.2 Å². The van der Waals surface area contributed by atoms with Crippen LogP contribution < -0.4 is 29.6 Å². The van der Waals surface area contributed by atoms with Gasteiger partial charge < -0.3 is 76.9 Å². The lowest BCUT2D eigenvalue weighted by molar-refractivity contribution is -0.0134. The van der Waals surface area contributed by atoms with Gasteiger partial charge in [0.15, 0.2) is 23.0 Å². The second-order valence-corrected chi connectivity index (χ2v) is 20.8. The third-order valence-corrected chi connectivity index (χ3v) is 14.5. The van der Waals surface area contributed by atoms with E-state index in [1.165, 1.54) is 0 Å². The molecule has 84 heavy (non-hydrogen) atoms. The molecule has 0 unspecified atom stereocenters. The highest BCUT2D eigenvalue weighted by Gasteiger charge is 2.16. The van der Waals surface area contributed by atoms with Crippen LogP contribution in [0.5, 0.6) is 23.0 Å². The predicted molar refractivity (Wildman–Crippen MR) is 308 cm³/mol. The molecule has 2 N–H and O–H groups in total. The highest BCUT2D eigenvalue weighted by molar-refractivity contribution is 8.76. The number of ether oxygens (including phenoxy) is 14. The Bertz CT molecular complexity index is 2640. The van der Waals surface area contributed by atoms with E-state index in [-0.39, 0.29) is 51.3 Å². The van der Waals surface area contributed by atoms with Crippen molar-refractivity contribution in [1.82, 2.24) is 40.6 Å². The molecule has 2 amide bonds. The van der Waals surface area contributed by atoms with Crippen LogP contribution in [-0.2, 0) is 73.5 Å². The summed E-state index contributed by atoms with van der Waals surface area (Å²) < 4.78 is 83.1. The predicted octanol–water partition coefficient (Wildman–Crippen LogP) is 5.33. The molecule has 24 nitrogen and oxygen atoms in total. The third-order valence-electron chi connectivity index (χ3n) is 12.1. The largest absolute Gasteiger partial charge is 0.487 e. The maximum Gasteiger partial charge on any atom is 0.251 e. The molecular weight excluding hydrogens is 1130 g/mol. The van der Waals surface area contributed by atoms with Gasteiger partial charge in [-0.3, -0.25) is 9.59 Å². The SMILES string of the molecule is O=C(NCc1cn(Cc2ccc(SSc3ccc(Cn4cc(CNC(=O)c5ccc6c(c5)OCCOCCOCCOCCOCCOCCO6)nn4)cc3)cc2)nn1)c1ccc2c(c1)OCCOCCOCCOCCOCCOCCO2. The molecule has 0 saturated carbocycles. The van der Waals surface area contributed by atoms with E-state index in [0.717, 1.165) is 20.9 Å². The molecule has 0 fully saturated rings. The lowest BCUT2D eigenvalue weighted by atomic mass is 10.2. The summed E-state index contributed by atoms with van der Waals surface area (Å²) in [6, 6.07) is 26.7. The van der Waals surface area contributed by atoms with Gasteiger partial charge in [0.25, 0.3) is 11.8 Å². The zero-order valence-electron chi connectivity index (χ0n) is 47.1. The summed E-state index contributed by atoms with van der Waals surface area (Å²) in [7, 11) is 3.33. The Morgan fingerprint density at radius 3 is 0.964 bits per heavy atom. The van der Waals surface area contributed by atoms with Crippen LogP contribution in [0.25, 0.3) is 0 Å². The van der Waals surface area contributed by atoms with Crippen LogP contribution in [0.2, 0.25) is 0 Å². The maximum absolute atomic E-state index is 13.3. The minimum absolute atomic E-state index is 0.182. The summed E-state index contributed by atoms with van der Waals surface area (Å²) in [6.45, 7) is 11.1. The molecular formula is C58H74N8O16S2. The van der Waals surface area contributed by atoms with E-state index >= 15 is 0 Å². The first kappa shape index (κ1) is 63.6. The van der Waals surface area contributed by atoms with E-state index in [1.807, 2.05) is 12.4 Å². The van der Waals surface area contributed by atoms with E-state index in [2.05, 4.69) is 79.8 Å². The molecule has 2 aromatic heterocycles. The second kappa shape index (κ2) is 37.8. The smallest absolute Gasteiger partial charge is 0.251 e. The van der Waals surface area contributed by atoms with Crippen LogP contribution in [-0.4, -0.2) is 200 Å². The molecule has 0 spiro atoms. The number of nitrogens with one attached hydrogen (secondary N) is 2. The van der Waals surface area contributed by atoms with Crippen LogP contribution in [0, 0.1) is 0 Å². The first-order valence-corrected chi connectivity index (χ1v) is 30.1. The molecule has 2 aliphatic rings. The topological polar surface area (TPSA) is 249 Å². The Morgan fingerprint density at radius 1 is 0.369 bits per heavy atom. The number of hydrogen-bond acceptors (Lipinski definition) is 22. The Balaban J connectivity index is 0.734. The van der Waals surface area contributed by atoms with Crippen molar-refractivity contribution in [3.8, 4) is 23.0 Å². The van der Waals surface area contributed by atoms with Gasteiger partial charge in [-0.25, -0.2) is 9.36 Å². The third kappa shape index (κ3) is 23.9. The van der Waals surface area contributed by atoms with Crippen molar-refractivity contribution >= 4 is 33.4 Å². The zero-order valence-corrected chi connectivity index (χ0v) is 48.7. The maximum atomic E-state index is 13.3. The van der Waals surface area contributed by atoms with Crippen LogP contribution in [0.3, 0.4) is 0 Å². The van der Waals surface area contributed by atoms with Gasteiger partial charge in [0, 0.05) is 20.9 Å². The van der Waals surface area contributed by atoms with Gasteiger partial charge in [-0.2, -0.15) is 0 Å². The average molecular weight is 1200 g/mol. The molecule has 0 radical (unpaired) electrons. The monoisotopic (exact) mass is 1200 g/mol. The van der Waals surface area contributed by atoms with E-state index < -0.39 is 0 Å². The van der Waals surface area contributed by atoms with Crippen molar-refractivity contribution in [3.05, 3.63) is 131 Å². The van der Waals surface area contributed by atoms with Crippen molar-refractivity contribution in [2.75, 3.05) is 159 Å². The number of amides is 2. The summed E-state index contributed by atoms with van der Waals surface area (Å²) in [5.74, 6) is 1.20. The Kier molecular flexibility index (Phi) is 28.6. The number of aromatic nitrogens is 6. The van der Waals surface area contributed by atoms with E-state index in [9.17, 15) is 9.59 Å². The van der Waals surface area contributed by atoms with Crippen molar-refractivity contribution < 1.29 is 75.9 Å². The van der Waals surface area contributed by atoms with Crippen molar-refractivity contribution in [2.24, 2.45) is 0 Å². The normalized spacial score (nSPS) is 16.9. The summed E-state index contributed by atoms with van der Waals surface area (Å²) in [5, 5.41) is 23.0. The molecule has 4 heterocycles. The highest BCUT2D eigenvalue weighted by Crippen LogP contribution is 2.37. The first-order chi connectivity index (χ1) is 41.5. The number of rotatable bonds is 13. The molecule has 4 aromatic carbocycles. The van der Waals surface area contributed by atoms with E-state index in [1.54, 1.807) is 67.3 Å². The van der Waals surface area contributed by atoms with Crippen LogP contribution in [0.1, 0.15) is 43.2 Å². The van der Waals surface area contributed by atoms with Crippen LogP contribution in [0.15, 0.2) is 107 Å². The molecule has 8 rings (SSSR count). The minimum Gasteiger partial charge on any atom is -0.487 e. The van der Waals surface area contributed by atoms with E-state index in [0.29, 0.717) is 191 Å². The Labute approximate surface area is 496 Å². The molecule has 0 atom stereocenters. The van der Waals surface area contributed by atoms with Gasteiger partial charge in [-0.1, -0.05) is 56.3 Å². The minimum atomic E-state index is -0.301. The summed E-state index contributed by atoms with van der Waals surface area (Å²) >= 11 is 0. The average Bonchev–Trinajstić information content (AvgIpc) is 4.29. The van der Waals surface area contributed by atoms with Crippen LogP contribution in [0.4, 0.5) is 0 Å². The number of hydrogen-bond donors (Lipinski definition) is 2. The molecule has 454 valence electrons. The lowest BCUT2D eigenvalue weighted by Gasteiger charge is -2.15. The van der Waals surface area contributed by atoms with Gasteiger partial charge in [0.1, 0.15) is 37.8 Å². The van der Waals surface area contributed by atoms with Crippen LogP contribution >= 0.6 is 21.6 Å². The number of fused-ring (bicyclic) bond motifs is 2. The highest BCUT2D eigenvalue weighted by atomic mass is 33.1. The first-order valence-electron chi connectivity index (χ1n) is 27.9. The Hall–Kier alpha value is -6.40. The molecule has 6 aromatic rings. The zero-order chi connectivity index (χ0) is 57.9. The second-order valence-electron chi connectivity index (χ2n) is 18.5. The van der Waals surface area contributed by atoms with Gasteiger partial charge in [0.05, 0.1) is 171 Å². The summed E-state index contributed by atoms with van der Waals surface area (Å²) in [4.78, 5) is 28.8. The van der Waals surface area contributed by atoms with Crippen molar-refractivity contribution in [2.45, 2.75) is 36.0 Å². The molecule has 2 aliphatic heterocycles. The van der Waals surface area contributed by atoms with E-state index in [4.69, 9.17) is 66.3 Å². The fourth-order valence-electron chi connectivity index (χ4n) is 7.88. The molecule has 0 aliphatic carbocycles. The van der Waals surface area contributed by atoms with Gasteiger partial charge in [-0.05, 0) is 71.8 Å². The Morgan fingerprint density at radius 2 is 0.655 bits per heavy atom. The summed E-state index contributed by atoms with van der Waals surface area (Å²) in [6.07, 6.45) is 3.63. The summed E-state index contributed by atoms with van der Waals surface area (Å²) in [5.41, 5.74) is 4.13. The van der Waals surface area contributed by atoms with Gasteiger partial charge >= 0.3 is 0 Å². The number of benzene rings is 4. The number of carbonyl (C=O) groups is 2. The quantitative estimate of drug-likeness (QED) is 0.139. The molecule has 26 heteroatoms. The fraction of sp³-hybridized carbons (Fsp3) is 0.483.